The molecular formula is C22H19FI2N2O2. The van der Waals surface area contributed by atoms with Gasteiger partial charge in [0.05, 0.1) is 7.14 Å². The molecule has 3 rings (SSSR count). The third-order valence-corrected chi connectivity index (χ3v) is 6.29. The van der Waals surface area contributed by atoms with Crippen LogP contribution in [-0.2, 0) is 11.4 Å². The fourth-order valence-electron chi connectivity index (χ4n) is 3.19. The van der Waals surface area contributed by atoms with Gasteiger partial charge in [-0.15, -0.1) is 0 Å². The molecular weight excluding hydrogens is 597 g/mol. The summed E-state index contributed by atoms with van der Waals surface area (Å²) in [7, 11) is 0. The smallest absolute Gasteiger partial charge is 0.262 e. The summed E-state index contributed by atoms with van der Waals surface area (Å²) in [6.07, 6.45) is 5.79. The third-order valence-electron chi connectivity index (χ3n) is 4.68. The summed E-state index contributed by atoms with van der Waals surface area (Å²) < 4.78 is 20.7. The van der Waals surface area contributed by atoms with Gasteiger partial charge >= 0.3 is 0 Å². The molecule has 150 valence electrons. The Bertz CT molecular complexity index is 939. The molecule has 0 atom stereocenters. The standard InChI is InChI=1S/C22H19FI2N2O2/c23-17-7-5-14(6-8-17)13-29-21-19(24)10-15(11-20(21)25)9-16(12-26)22(28)27-18-3-1-2-4-18/h5-11,18H,1-4,13H2,(H,27,28)/b16-9-. The average Bonchev–Trinajstić information content (AvgIpc) is 3.19. The Hall–Kier alpha value is -1.67. The van der Waals surface area contributed by atoms with Gasteiger partial charge in [-0.1, -0.05) is 25.0 Å². The molecule has 0 radical (unpaired) electrons. The molecule has 1 N–H and O–H groups in total. The first kappa shape index (κ1) is 22.0. The highest BCUT2D eigenvalue weighted by atomic mass is 127. The van der Waals surface area contributed by atoms with Crippen LogP contribution in [0.5, 0.6) is 5.75 Å². The Morgan fingerprint density at radius 1 is 1.21 bits per heavy atom. The molecule has 0 aliphatic heterocycles. The lowest BCUT2D eigenvalue weighted by molar-refractivity contribution is -0.117. The predicted octanol–water partition coefficient (Wildman–Crippen LogP) is 5.58. The summed E-state index contributed by atoms with van der Waals surface area (Å²) in [5, 5.41) is 12.4. The highest BCUT2D eigenvalue weighted by molar-refractivity contribution is 14.1. The normalized spacial score (nSPS) is 14.5. The van der Waals surface area contributed by atoms with Crippen molar-refractivity contribution in [2.75, 3.05) is 0 Å². The molecule has 0 aromatic heterocycles. The van der Waals surface area contributed by atoms with Gasteiger partial charge in [-0.25, -0.2) is 4.39 Å². The number of carbonyl (C=O) groups excluding carboxylic acids is 1. The van der Waals surface area contributed by atoms with Crippen LogP contribution < -0.4 is 10.1 Å². The fraction of sp³-hybridized carbons (Fsp3) is 0.273. The number of nitrogens with zero attached hydrogens (tertiary/aromatic N) is 1. The van der Waals surface area contributed by atoms with Crippen LogP contribution in [0.15, 0.2) is 42.0 Å². The molecule has 2 aromatic rings. The van der Waals surface area contributed by atoms with Gasteiger partial charge in [0.25, 0.3) is 5.91 Å². The van der Waals surface area contributed by atoms with Gasteiger partial charge in [-0.3, -0.25) is 4.79 Å². The maximum Gasteiger partial charge on any atom is 0.262 e. The first-order chi connectivity index (χ1) is 14.0. The van der Waals surface area contributed by atoms with Crippen molar-refractivity contribution in [1.82, 2.24) is 5.32 Å². The van der Waals surface area contributed by atoms with Crippen LogP contribution >= 0.6 is 45.2 Å². The van der Waals surface area contributed by atoms with Gasteiger partial charge in [0.15, 0.2) is 0 Å². The van der Waals surface area contributed by atoms with E-state index in [9.17, 15) is 14.4 Å². The van der Waals surface area contributed by atoms with Crippen LogP contribution in [0.25, 0.3) is 6.08 Å². The number of benzene rings is 2. The number of hydrogen-bond acceptors (Lipinski definition) is 3. The number of carbonyl (C=O) groups is 1. The first-order valence-electron chi connectivity index (χ1n) is 9.25. The Labute approximate surface area is 196 Å². The minimum Gasteiger partial charge on any atom is -0.487 e. The number of halogens is 3. The molecule has 7 heteroatoms. The van der Waals surface area contributed by atoms with E-state index in [2.05, 4.69) is 50.5 Å². The van der Waals surface area contributed by atoms with Gasteiger partial charge in [-0.05, 0) is 99.5 Å². The lowest BCUT2D eigenvalue weighted by Crippen LogP contribution is -2.33. The Kier molecular flexibility index (Phi) is 7.89. The van der Waals surface area contributed by atoms with E-state index in [4.69, 9.17) is 4.74 Å². The van der Waals surface area contributed by atoms with Gasteiger partial charge < -0.3 is 10.1 Å². The van der Waals surface area contributed by atoms with Crippen molar-refractivity contribution in [3.8, 4) is 11.8 Å². The number of amides is 1. The van der Waals surface area contributed by atoms with Gasteiger partial charge in [0.1, 0.15) is 29.8 Å². The van der Waals surface area contributed by atoms with Crippen molar-refractivity contribution in [2.45, 2.75) is 38.3 Å². The highest BCUT2D eigenvalue weighted by Gasteiger charge is 2.19. The van der Waals surface area contributed by atoms with Crippen LogP contribution in [-0.4, -0.2) is 11.9 Å². The molecule has 2 aromatic carbocycles. The minimum absolute atomic E-state index is 0.100. The Morgan fingerprint density at radius 3 is 2.41 bits per heavy atom. The monoisotopic (exact) mass is 616 g/mol. The van der Waals surface area contributed by atoms with Crippen molar-refractivity contribution < 1.29 is 13.9 Å². The topological polar surface area (TPSA) is 62.1 Å². The lowest BCUT2D eigenvalue weighted by Gasteiger charge is -2.13. The van der Waals surface area contributed by atoms with Gasteiger partial charge in [-0.2, -0.15) is 5.26 Å². The first-order valence-corrected chi connectivity index (χ1v) is 11.4. The lowest BCUT2D eigenvalue weighted by atomic mass is 10.1. The summed E-state index contributed by atoms with van der Waals surface area (Å²) >= 11 is 4.35. The summed E-state index contributed by atoms with van der Waals surface area (Å²) in [4.78, 5) is 12.4. The number of hydrogen-bond donors (Lipinski definition) is 1. The molecule has 0 spiro atoms. The van der Waals surface area contributed by atoms with Gasteiger partial charge in [0, 0.05) is 6.04 Å². The second kappa shape index (κ2) is 10.4. The molecule has 1 fully saturated rings. The molecule has 0 bridgehead atoms. The van der Waals surface area contributed by atoms with E-state index in [0.29, 0.717) is 6.61 Å². The average molecular weight is 616 g/mol. The summed E-state index contributed by atoms with van der Waals surface area (Å²) in [5.41, 5.74) is 1.74. The molecule has 0 unspecified atom stereocenters. The Morgan fingerprint density at radius 2 is 1.83 bits per heavy atom. The SMILES string of the molecule is N#C/C(=C/c1cc(I)c(OCc2ccc(F)cc2)c(I)c1)C(=O)NC1CCCC1. The second-order valence-electron chi connectivity index (χ2n) is 6.85. The number of nitriles is 1. The van der Waals surface area contributed by atoms with E-state index in [1.807, 2.05) is 18.2 Å². The Balaban J connectivity index is 1.73. The van der Waals surface area contributed by atoms with Crippen molar-refractivity contribution >= 4 is 57.2 Å². The van der Waals surface area contributed by atoms with Crippen molar-refractivity contribution in [2.24, 2.45) is 0 Å². The van der Waals surface area contributed by atoms with Crippen molar-refractivity contribution in [3.05, 3.63) is 66.1 Å². The number of ether oxygens (including phenoxy) is 1. The highest BCUT2D eigenvalue weighted by Crippen LogP contribution is 2.30. The molecule has 1 amide bonds. The number of rotatable bonds is 6. The molecule has 0 heterocycles. The van der Waals surface area contributed by atoms with Crippen molar-refractivity contribution in [3.63, 3.8) is 0 Å². The van der Waals surface area contributed by atoms with Crippen LogP contribution in [0.1, 0.15) is 36.8 Å². The van der Waals surface area contributed by atoms with Crippen LogP contribution in [0, 0.1) is 24.3 Å². The van der Waals surface area contributed by atoms with E-state index in [0.717, 1.165) is 49.7 Å². The zero-order chi connectivity index (χ0) is 20.8. The van der Waals surface area contributed by atoms with Gasteiger partial charge in [0.2, 0.25) is 0 Å². The molecule has 1 aliphatic carbocycles. The molecule has 1 saturated carbocycles. The van der Waals surface area contributed by atoms with Crippen molar-refractivity contribution in [1.29, 1.82) is 5.26 Å². The summed E-state index contributed by atoms with van der Waals surface area (Å²) in [5.74, 6) is 0.127. The molecule has 1 aliphatic rings. The van der Waals surface area contributed by atoms with E-state index in [1.165, 1.54) is 12.1 Å². The third kappa shape index (κ3) is 6.15. The largest absolute Gasteiger partial charge is 0.487 e. The fourth-order valence-corrected chi connectivity index (χ4v) is 5.31. The minimum atomic E-state index is -0.318. The zero-order valence-corrected chi connectivity index (χ0v) is 19.9. The van der Waals surface area contributed by atoms with Crippen LogP contribution in [0.2, 0.25) is 0 Å². The van der Waals surface area contributed by atoms with Crippen LogP contribution in [0.4, 0.5) is 4.39 Å². The van der Waals surface area contributed by atoms with E-state index in [1.54, 1.807) is 18.2 Å². The predicted molar refractivity (Wildman–Crippen MR) is 127 cm³/mol. The zero-order valence-electron chi connectivity index (χ0n) is 15.6. The van der Waals surface area contributed by atoms with E-state index >= 15 is 0 Å². The van der Waals surface area contributed by atoms with Crippen LogP contribution in [0.3, 0.4) is 0 Å². The van der Waals surface area contributed by atoms with E-state index in [-0.39, 0.29) is 23.3 Å². The van der Waals surface area contributed by atoms with E-state index < -0.39 is 0 Å². The molecule has 29 heavy (non-hydrogen) atoms. The number of nitrogens with one attached hydrogen (secondary N) is 1. The quantitative estimate of drug-likeness (QED) is 0.262. The maximum atomic E-state index is 13.0. The maximum absolute atomic E-state index is 13.0. The summed E-state index contributed by atoms with van der Waals surface area (Å²) in [6, 6.07) is 12.1. The molecule has 4 nitrogen and oxygen atoms in total. The summed E-state index contributed by atoms with van der Waals surface area (Å²) in [6.45, 7) is 0.328. The molecule has 0 saturated heterocycles. The second-order valence-corrected chi connectivity index (χ2v) is 9.18.